The zero-order chi connectivity index (χ0) is 14.6. The first-order chi connectivity index (χ1) is 9.51. The molecule has 0 spiro atoms. The lowest BCUT2D eigenvalue weighted by molar-refractivity contribution is 0.0360. The molecule has 1 aromatic rings. The van der Waals surface area contributed by atoms with E-state index in [4.69, 9.17) is 5.73 Å². The molecule has 20 heavy (non-hydrogen) atoms. The summed E-state index contributed by atoms with van der Waals surface area (Å²) in [4.78, 5) is 4.97. The van der Waals surface area contributed by atoms with Crippen LogP contribution in [-0.4, -0.2) is 48.6 Å². The average Bonchev–Trinajstić information content (AvgIpc) is 2.42. The summed E-state index contributed by atoms with van der Waals surface area (Å²) in [6, 6.07) is 8.51. The van der Waals surface area contributed by atoms with Crippen molar-refractivity contribution >= 4 is 0 Å². The Labute approximate surface area is 122 Å². The maximum atomic E-state index is 5.38. The third-order valence-electron chi connectivity index (χ3n) is 4.09. The molecule has 0 radical (unpaired) electrons. The van der Waals surface area contributed by atoms with E-state index < -0.39 is 0 Å². The summed E-state index contributed by atoms with van der Waals surface area (Å²) in [5.41, 5.74) is 8.03. The van der Waals surface area contributed by atoms with Crippen LogP contribution in [0.3, 0.4) is 0 Å². The van der Waals surface area contributed by atoms with E-state index in [2.05, 4.69) is 66.8 Å². The zero-order valence-corrected chi connectivity index (χ0v) is 12.8. The summed E-state index contributed by atoms with van der Waals surface area (Å²) in [5.74, 6) is 5.94. The summed E-state index contributed by atoms with van der Waals surface area (Å²) in [6.07, 6.45) is 0. The molecular formula is C17H25N3. The molecule has 1 aliphatic rings. The smallest absolute Gasteiger partial charge is 0.0555 e. The molecule has 1 aromatic carbocycles. The number of piperazine rings is 1. The molecule has 1 aliphatic heterocycles. The summed E-state index contributed by atoms with van der Waals surface area (Å²) in [6.45, 7) is 9.43. The van der Waals surface area contributed by atoms with Gasteiger partial charge < -0.3 is 5.73 Å². The minimum Gasteiger partial charge on any atom is -0.320 e. The van der Waals surface area contributed by atoms with E-state index in [9.17, 15) is 0 Å². The maximum Gasteiger partial charge on any atom is 0.0555 e. The highest BCUT2D eigenvalue weighted by molar-refractivity contribution is 5.36. The number of hydrogen-bond donors (Lipinski definition) is 1. The maximum absolute atomic E-state index is 5.38. The van der Waals surface area contributed by atoms with E-state index >= 15 is 0 Å². The predicted molar refractivity (Wildman–Crippen MR) is 84.4 cm³/mol. The van der Waals surface area contributed by atoms with Gasteiger partial charge in [0.05, 0.1) is 6.54 Å². The van der Waals surface area contributed by atoms with E-state index in [-0.39, 0.29) is 5.54 Å². The largest absolute Gasteiger partial charge is 0.320 e. The highest BCUT2D eigenvalue weighted by atomic mass is 15.3. The lowest BCUT2D eigenvalue weighted by Crippen LogP contribution is -2.57. The fourth-order valence-corrected chi connectivity index (χ4v) is 2.58. The molecule has 1 saturated heterocycles. The molecule has 1 heterocycles. The molecule has 1 fully saturated rings. The number of nitrogens with two attached hydrogens (primary N) is 1. The normalized spacial score (nSPS) is 19.4. The molecule has 0 bridgehead atoms. The van der Waals surface area contributed by atoms with Crippen LogP contribution in [0, 0.1) is 11.8 Å². The first kappa shape index (κ1) is 15.1. The van der Waals surface area contributed by atoms with Crippen molar-refractivity contribution in [3.05, 3.63) is 35.4 Å². The first-order valence-corrected chi connectivity index (χ1v) is 7.23. The van der Waals surface area contributed by atoms with Gasteiger partial charge in [0.25, 0.3) is 0 Å². The summed E-state index contributed by atoms with van der Waals surface area (Å²) in [5, 5.41) is 0. The first-order valence-electron chi connectivity index (χ1n) is 7.23. The Morgan fingerprint density at radius 2 is 1.90 bits per heavy atom. The molecule has 2 rings (SSSR count). The lowest BCUT2D eigenvalue weighted by Gasteiger charge is -2.45. The minimum atomic E-state index is 0.255. The molecule has 0 unspecified atom stereocenters. The molecule has 3 heteroatoms. The number of hydrogen-bond acceptors (Lipinski definition) is 3. The van der Waals surface area contributed by atoms with Gasteiger partial charge in [-0.05, 0) is 38.6 Å². The predicted octanol–water partition coefficient (Wildman–Crippen LogP) is 1.52. The van der Waals surface area contributed by atoms with Crippen molar-refractivity contribution in [3.8, 4) is 11.8 Å². The minimum absolute atomic E-state index is 0.255. The van der Waals surface area contributed by atoms with Crippen molar-refractivity contribution in [1.29, 1.82) is 0 Å². The molecule has 0 aromatic heterocycles. The van der Waals surface area contributed by atoms with Crippen molar-refractivity contribution in [3.63, 3.8) is 0 Å². The number of rotatable bonds is 2. The molecule has 0 amide bonds. The molecule has 2 N–H and O–H groups in total. The average molecular weight is 271 g/mol. The second kappa shape index (κ2) is 6.41. The van der Waals surface area contributed by atoms with Crippen LogP contribution in [0.5, 0.6) is 0 Å². The van der Waals surface area contributed by atoms with E-state index in [1.807, 2.05) is 0 Å². The molecular weight excluding hydrogens is 246 g/mol. The summed E-state index contributed by atoms with van der Waals surface area (Å²) >= 11 is 0. The highest BCUT2D eigenvalue weighted by Crippen LogP contribution is 2.20. The molecule has 108 valence electrons. The molecule has 0 aliphatic carbocycles. The van der Waals surface area contributed by atoms with E-state index in [1.54, 1.807) is 0 Å². The van der Waals surface area contributed by atoms with E-state index in [0.29, 0.717) is 6.54 Å². The van der Waals surface area contributed by atoms with Gasteiger partial charge in [-0.15, -0.1) is 0 Å². The number of likely N-dealkylation sites (N-methyl/N-ethyl adjacent to an activating group) is 1. The standard InChI is InChI=1S/C17H25N3/c1-17(2)14-20(12-11-19(17)3)13-16-8-6-15(7-9-16)5-4-10-18/h6-9H,10-14,18H2,1-3H3. The van der Waals surface area contributed by atoms with E-state index in [0.717, 1.165) is 31.7 Å². The van der Waals surface area contributed by atoms with Gasteiger partial charge in [-0.3, -0.25) is 9.80 Å². The van der Waals surface area contributed by atoms with Crippen molar-refractivity contribution in [2.24, 2.45) is 5.73 Å². The van der Waals surface area contributed by atoms with Crippen LogP contribution in [0.4, 0.5) is 0 Å². The van der Waals surface area contributed by atoms with Crippen LogP contribution in [0.15, 0.2) is 24.3 Å². The van der Waals surface area contributed by atoms with Gasteiger partial charge in [-0.1, -0.05) is 24.0 Å². The SMILES string of the molecule is CN1CCN(Cc2ccc(C#CCN)cc2)CC1(C)C. The summed E-state index contributed by atoms with van der Waals surface area (Å²) < 4.78 is 0. The second-order valence-corrected chi connectivity index (χ2v) is 6.15. The van der Waals surface area contributed by atoms with Crippen LogP contribution in [-0.2, 0) is 6.54 Å². The van der Waals surface area contributed by atoms with Crippen LogP contribution < -0.4 is 5.73 Å². The monoisotopic (exact) mass is 271 g/mol. The Kier molecular flexibility index (Phi) is 4.82. The Bertz CT molecular complexity index is 493. The molecule has 3 nitrogen and oxygen atoms in total. The lowest BCUT2D eigenvalue weighted by atomic mass is 9.99. The third kappa shape index (κ3) is 3.83. The van der Waals surface area contributed by atoms with Crippen LogP contribution >= 0.6 is 0 Å². The van der Waals surface area contributed by atoms with Crippen molar-refractivity contribution in [2.45, 2.75) is 25.9 Å². The quantitative estimate of drug-likeness (QED) is 0.828. The number of nitrogens with zero attached hydrogens (tertiary/aromatic N) is 2. The third-order valence-corrected chi connectivity index (χ3v) is 4.09. The van der Waals surface area contributed by atoms with Gasteiger partial charge >= 0.3 is 0 Å². The van der Waals surface area contributed by atoms with Crippen LogP contribution in [0.25, 0.3) is 0 Å². The van der Waals surface area contributed by atoms with Crippen molar-refractivity contribution in [1.82, 2.24) is 9.80 Å². The summed E-state index contributed by atoms with van der Waals surface area (Å²) in [7, 11) is 2.21. The van der Waals surface area contributed by atoms with Gasteiger partial charge in [0.2, 0.25) is 0 Å². The fraction of sp³-hybridized carbons (Fsp3) is 0.529. The van der Waals surface area contributed by atoms with Crippen molar-refractivity contribution < 1.29 is 0 Å². The second-order valence-electron chi connectivity index (χ2n) is 6.15. The molecule has 0 atom stereocenters. The Balaban J connectivity index is 1.97. The van der Waals surface area contributed by atoms with Crippen molar-refractivity contribution in [2.75, 3.05) is 33.2 Å². The van der Waals surface area contributed by atoms with Crippen LogP contribution in [0.2, 0.25) is 0 Å². The Hall–Kier alpha value is -1.34. The highest BCUT2D eigenvalue weighted by Gasteiger charge is 2.30. The van der Waals surface area contributed by atoms with Gasteiger partial charge in [-0.2, -0.15) is 0 Å². The van der Waals surface area contributed by atoms with Gasteiger partial charge in [0.15, 0.2) is 0 Å². The zero-order valence-electron chi connectivity index (χ0n) is 12.8. The van der Waals surface area contributed by atoms with E-state index in [1.165, 1.54) is 5.56 Å². The van der Waals surface area contributed by atoms with Gasteiger partial charge in [-0.25, -0.2) is 0 Å². The Morgan fingerprint density at radius 1 is 1.20 bits per heavy atom. The Morgan fingerprint density at radius 3 is 2.50 bits per heavy atom. The topological polar surface area (TPSA) is 32.5 Å². The fourth-order valence-electron chi connectivity index (χ4n) is 2.58. The number of benzene rings is 1. The molecule has 0 saturated carbocycles. The van der Waals surface area contributed by atoms with Gasteiger partial charge in [0, 0.05) is 37.3 Å². The van der Waals surface area contributed by atoms with Crippen LogP contribution in [0.1, 0.15) is 25.0 Å². The van der Waals surface area contributed by atoms with Gasteiger partial charge in [0.1, 0.15) is 0 Å².